The molecule has 0 saturated carbocycles. The molecule has 1 saturated heterocycles. The van der Waals surface area contributed by atoms with Crippen molar-refractivity contribution in [2.24, 2.45) is 0 Å². The largest absolute Gasteiger partial charge is 0.361 e. The zero-order valence-electron chi connectivity index (χ0n) is 10.5. The van der Waals surface area contributed by atoms with Gasteiger partial charge in [0.05, 0.1) is 0 Å². The molecule has 1 aliphatic rings. The number of anilines is 1. The molecule has 0 aromatic heterocycles. The first-order valence-corrected chi connectivity index (χ1v) is 6.17. The second-order valence-electron chi connectivity index (χ2n) is 4.73. The van der Waals surface area contributed by atoms with Crippen molar-refractivity contribution >= 4 is 5.69 Å². The number of hydrogen-bond donors (Lipinski definition) is 1. The molecular formula is C13H17F3N2. The molecule has 100 valence electrons. The van der Waals surface area contributed by atoms with E-state index < -0.39 is 17.5 Å². The summed E-state index contributed by atoms with van der Waals surface area (Å²) >= 11 is 0. The molecule has 2 unspecified atom stereocenters. The van der Waals surface area contributed by atoms with Gasteiger partial charge in [-0.3, -0.25) is 0 Å². The van der Waals surface area contributed by atoms with Gasteiger partial charge in [-0.2, -0.15) is 0 Å². The maximum Gasteiger partial charge on any atom is 0.152 e. The van der Waals surface area contributed by atoms with Gasteiger partial charge in [0.2, 0.25) is 0 Å². The van der Waals surface area contributed by atoms with Crippen molar-refractivity contribution in [1.82, 2.24) is 5.32 Å². The van der Waals surface area contributed by atoms with Crippen LogP contribution in [-0.2, 0) is 0 Å². The van der Waals surface area contributed by atoms with Gasteiger partial charge in [0.1, 0.15) is 11.5 Å². The van der Waals surface area contributed by atoms with Gasteiger partial charge in [0, 0.05) is 37.3 Å². The Morgan fingerprint density at radius 1 is 1.28 bits per heavy atom. The molecule has 18 heavy (non-hydrogen) atoms. The summed E-state index contributed by atoms with van der Waals surface area (Å²) in [5.74, 6) is -2.56. The zero-order chi connectivity index (χ0) is 13.3. The van der Waals surface area contributed by atoms with Gasteiger partial charge in [-0.25, -0.2) is 13.2 Å². The highest BCUT2D eigenvalue weighted by molar-refractivity contribution is 5.51. The molecule has 0 spiro atoms. The first-order chi connectivity index (χ1) is 8.52. The summed E-state index contributed by atoms with van der Waals surface area (Å²) in [5.41, 5.74) is -0.121. The molecule has 2 atom stereocenters. The van der Waals surface area contributed by atoms with Crippen LogP contribution in [0, 0.1) is 17.5 Å². The fraction of sp³-hybridized carbons (Fsp3) is 0.538. The highest BCUT2D eigenvalue weighted by atomic mass is 19.1. The smallest absolute Gasteiger partial charge is 0.152 e. The van der Waals surface area contributed by atoms with E-state index in [2.05, 4.69) is 5.32 Å². The third-order valence-electron chi connectivity index (χ3n) is 3.41. The van der Waals surface area contributed by atoms with Gasteiger partial charge in [-0.15, -0.1) is 0 Å². The number of benzene rings is 1. The molecule has 0 aliphatic carbocycles. The first kappa shape index (κ1) is 13.2. The monoisotopic (exact) mass is 258 g/mol. The van der Waals surface area contributed by atoms with E-state index in [9.17, 15) is 13.2 Å². The van der Waals surface area contributed by atoms with Crippen LogP contribution in [0.4, 0.5) is 18.9 Å². The summed E-state index contributed by atoms with van der Waals surface area (Å²) in [4.78, 5) is 1.68. The molecule has 0 amide bonds. The van der Waals surface area contributed by atoms with Crippen molar-refractivity contribution in [1.29, 1.82) is 0 Å². The highest BCUT2D eigenvalue weighted by Crippen LogP contribution is 2.28. The normalized spacial score (nSPS) is 24.4. The van der Waals surface area contributed by atoms with Gasteiger partial charge in [0.25, 0.3) is 0 Å². The fourth-order valence-corrected chi connectivity index (χ4v) is 2.32. The topological polar surface area (TPSA) is 15.3 Å². The van der Waals surface area contributed by atoms with Crippen molar-refractivity contribution < 1.29 is 13.2 Å². The summed E-state index contributed by atoms with van der Waals surface area (Å²) in [6.07, 6.45) is 0.883. The molecule has 1 aromatic carbocycles. The Morgan fingerprint density at radius 3 is 2.44 bits per heavy atom. The lowest BCUT2D eigenvalue weighted by atomic mass is 10.1. The highest BCUT2D eigenvalue weighted by Gasteiger charge is 2.28. The molecule has 1 aliphatic heterocycles. The quantitative estimate of drug-likeness (QED) is 0.877. The average molecular weight is 258 g/mol. The lowest BCUT2D eigenvalue weighted by Crippen LogP contribution is -2.55. The molecule has 2 nitrogen and oxygen atoms in total. The minimum absolute atomic E-state index is 0.0257. The maximum atomic E-state index is 13.8. The van der Waals surface area contributed by atoms with E-state index in [-0.39, 0.29) is 17.8 Å². The fourth-order valence-electron chi connectivity index (χ4n) is 2.32. The average Bonchev–Trinajstić information content (AvgIpc) is 2.30. The zero-order valence-corrected chi connectivity index (χ0v) is 10.5. The van der Waals surface area contributed by atoms with Crippen molar-refractivity contribution in [3.63, 3.8) is 0 Å². The van der Waals surface area contributed by atoms with Gasteiger partial charge in [0.15, 0.2) is 11.6 Å². The Morgan fingerprint density at radius 2 is 1.89 bits per heavy atom. The number of halogens is 3. The first-order valence-electron chi connectivity index (χ1n) is 6.17. The van der Waals surface area contributed by atoms with E-state index in [0.717, 1.165) is 18.6 Å². The predicted molar refractivity (Wildman–Crippen MR) is 65.2 cm³/mol. The van der Waals surface area contributed by atoms with Gasteiger partial charge in [-0.05, 0) is 13.3 Å². The van der Waals surface area contributed by atoms with Gasteiger partial charge >= 0.3 is 0 Å². The van der Waals surface area contributed by atoms with Gasteiger partial charge < -0.3 is 10.2 Å². The molecule has 1 fully saturated rings. The Hall–Kier alpha value is -1.23. The summed E-state index contributed by atoms with van der Waals surface area (Å²) in [6, 6.07) is 1.63. The molecular weight excluding hydrogens is 241 g/mol. The van der Waals surface area contributed by atoms with Crippen LogP contribution in [0.15, 0.2) is 12.1 Å². The third kappa shape index (κ3) is 2.46. The number of nitrogens with one attached hydrogen (secondary N) is 1. The SMILES string of the molecule is CCC1CN(c2c(F)cc(F)cc2F)C(C)CN1. The van der Waals surface area contributed by atoms with E-state index in [1.807, 2.05) is 13.8 Å². The predicted octanol–water partition coefficient (Wildman–Crippen LogP) is 2.68. The summed E-state index contributed by atoms with van der Waals surface area (Å²) in [7, 11) is 0. The minimum atomic E-state index is -0.886. The lowest BCUT2D eigenvalue weighted by molar-refractivity contribution is 0.388. The molecule has 1 N–H and O–H groups in total. The Kier molecular flexibility index (Phi) is 3.80. The molecule has 0 radical (unpaired) electrons. The van der Waals surface area contributed by atoms with Crippen LogP contribution in [-0.4, -0.2) is 25.2 Å². The number of hydrogen-bond acceptors (Lipinski definition) is 2. The van der Waals surface area contributed by atoms with E-state index in [1.54, 1.807) is 4.90 Å². The number of rotatable bonds is 2. The lowest BCUT2D eigenvalue weighted by Gasteiger charge is -2.40. The third-order valence-corrected chi connectivity index (χ3v) is 3.41. The summed E-state index contributed by atoms with van der Waals surface area (Å²) < 4.78 is 40.4. The van der Waals surface area contributed by atoms with E-state index in [4.69, 9.17) is 0 Å². The Balaban J connectivity index is 2.34. The molecule has 2 rings (SSSR count). The van der Waals surface area contributed by atoms with Crippen molar-refractivity contribution in [2.75, 3.05) is 18.0 Å². The van der Waals surface area contributed by atoms with E-state index >= 15 is 0 Å². The van der Waals surface area contributed by atoms with Crippen LogP contribution in [0.1, 0.15) is 20.3 Å². The standard InChI is InChI=1S/C13H17F3N2/c1-3-10-7-18(8(2)6-17-10)13-11(15)4-9(14)5-12(13)16/h4-5,8,10,17H,3,6-7H2,1-2H3. The Labute approximate surface area is 105 Å². The summed E-state index contributed by atoms with van der Waals surface area (Å²) in [6.45, 7) is 5.09. The van der Waals surface area contributed by atoms with Crippen molar-refractivity contribution in [2.45, 2.75) is 32.4 Å². The molecule has 0 bridgehead atoms. The molecule has 1 heterocycles. The van der Waals surface area contributed by atoms with Crippen LogP contribution in [0.2, 0.25) is 0 Å². The second-order valence-corrected chi connectivity index (χ2v) is 4.73. The van der Waals surface area contributed by atoms with Crippen LogP contribution in [0.5, 0.6) is 0 Å². The number of piperazine rings is 1. The van der Waals surface area contributed by atoms with Crippen molar-refractivity contribution in [3.8, 4) is 0 Å². The molecule has 1 aromatic rings. The van der Waals surface area contributed by atoms with Crippen LogP contribution >= 0.6 is 0 Å². The van der Waals surface area contributed by atoms with Crippen LogP contribution < -0.4 is 10.2 Å². The van der Waals surface area contributed by atoms with Crippen LogP contribution in [0.25, 0.3) is 0 Å². The second kappa shape index (κ2) is 5.18. The van der Waals surface area contributed by atoms with E-state index in [1.165, 1.54) is 0 Å². The van der Waals surface area contributed by atoms with E-state index in [0.29, 0.717) is 13.1 Å². The van der Waals surface area contributed by atoms with Crippen molar-refractivity contribution in [3.05, 3.63) is 29.6 Å². The Bertz CT molecular complexity index is 413. The summed E-state index contributed by atoms with van der Waals surface area (Å²) in [5, 5.41) is 3.31. The van der Waals surface area contributed by atoms with Gasteiger partial charge in [-0.1, -0.05) is 6.92 Å². The number of nitrogens with zero attached hydrogens (tertiary/aromatic N) is 1. The van der Waals surface area contributed by atoms with Crippen LogP contribution in [0.3, 0.4) is 0 Å². The molecule has 5 heteroatoms. The minimum Gasteiger partial charge on any atom is -0.361 e. The maximum absolute atomic E-state index is 13.8.